The fourth-order valence-corrected chi connectivity index (χ4v) is 8.63. The first-order valence-electron chi connectivity index (χ1n) is 11.6. The minimum Gasteiger partial charge on any atom is -0.611 e. The Kier molecular flexibility index (Phi) is 4.01. The van der Waals surface area contributed by atoms with Crippen molar-refractivity contribution in [2.75, 3.05) is 0 Å². The van der Waals surface area contributed by atoms with Gasteiger partial charge in [-0.25, -0.2) is 0 Å². The fraction of sp³-hybridized carbons (Fsp3) is 0.423. The summed E-state index contributed by atoms with van der Waals surface area (Å²) in [5, 5.41) is 20.2. The maximum absolute atomic E-state index is 11.7. The molecule has 5 nitrogen and oxygen atoms in total. The molecule has 3 aliphatic carbocycles. The number of nitrogens with one attached hydrogen (secondary N) is 1. The van der Waals surface area contributed by atoms with E-state index < -0.39 is 27.4 Å². The number of H-pyrrole nitrogens is 1. The molecule has 0 amide bonds. The standard InChI is InChI=1S/C26H26ClN2O3.Al/c1-13-11-18(24(2,3)17-12-15(27)9-10-16(13)17)25-22(31)26(25,23(25)32)19-20(28-29-21(19)30)14-7-5-4-6-8-14;/h4-10,12-13,18,22-23,31H,11H2,1-3H3,(H2,28,29,30);/q-1;+2/p-1. The molecule has 1 spiro atoms. The van der Waals surface area contributed by atoms with Gasteiger partial charge in [-0.05, 0) is 52.5 Å². The Bertz CT molecular complexity index is 1290. The van der Waals surface area contributed by atoms with Crippen molar-refractivity contribution < 1.29 is 12.7 Å². The summed E-state index contributed by atoms with van der Waals surface area (Å²) in [6, 6.07) is 16.5. The van der Waals surface area contributed by atoms with Gasteiger partial charge in [0.1, 0.15) is 0 Å². The molecule has 1 aliphatic heterocycles. The Hall–Kier alpha value is -1.81. The highest BCUT2D eigenvalue weighted by atomic mass is 35.5. The van der Waals surface area contributed by atoms with Gasteiger partial charge in [0.25, 0.3) is 0 Å². The van der Waals surface area contributed by atoms with Gasteiger partial charge in [0.2, 0.25) is 5.88 Å². The van der Waals surface area contributed by atoms with E-state index in [1.54, 1.807) is 0 Å². The van der Waals surface area contributed by atoms with Crippen molar-refractivity contribution in [3.63, 3.8) is 0 Å². The van der Waals surface area contributed by atoms with E-state index in [0.29, 0.717) is 11.8 Å². The third-order valence-corrected chi connectivity index (χ3v) is 10.1. The molecule has 2 aromatic carbocycles. The molecule has 7 rings (SSSR count). The van der Waals surface area contributed by atoms with E-state index in [9.17, 15) is 5.11 Å². The van der Waals surface area contributed by atoms with Crippen molar-refractivity contribution >= 4 is 27.5 Å². The zero-order valence-corrected chi connectivity index (χ0v) is 20.7. The molecule has 2 saturated carbocycles. The largest absolute Gasteiger partial charge is 0.775 e. The Morgan fingerprint density at radius 2 is 1.97 bits per heavy atom. The summed E-state index contributed by atoms with van der Waals surface area (Å²) < 4.78 is 12.3. The number of hydrogen-bond donors (Lipinski definition) is 2. The highest BCUT2D eigenvalue weighted by Crippen LogP contribution is 2.92. The van der Waals surface area contributed by atoms with E-state index in [1.165, 1.54) is 11.1 Å². The summed E-state index contributed by atoms with van der Waals surface area (Å²) in [5.41, 5.74) is 4.69. The monoisotopic (exact) mass is 475 g/mol. The molecule has 6 unspecified atom stereocenters. The van der Waals surface area contributed by atoms with Crippen LogP contribution in [0.3, 0.4) is 0 Å². The van der Waals surface area contributed by atoms with Crippen LogP contribution < -0.4 is 3.79 Å². The van der Waals surface area contributed by atoms with Crippen LogP contribution in [0.15, 0.2) is 48.5 Å². The van der Waals surface area contributed by atoms with Gasteiger partial charge in [-0.3, -0.25) is 5.10 Å². The van der Waals surface area contributed by atoms with Gasteiger partial charge in [-0.2, -0.15) is 0 Å². The molecular weight excluding hydrogens is 451 g/mol. The van der Waals surface area contributed by atoms with Crippen molar-refractivity contribution in [3.05, 3.63) is 70.2 Å². The van der Waals surface area contributed by atoms with Crippen molar-refractivity contribution in [1.82, 2.24) is 10.2 Å². The highest BCUT2D eigenvalue weighted by molar-refractivity contribution is 6.30. The lowest BCUT2D eigenvalue weighted by atomic mass is 9.59. The van der Waals surface area contributed by atoms with Crippen molar-refractivity contribution in [3.8, 4) is 17.1 Å². The maximum Gasteiger partial charge on any atom is 0.775 e. The zero-order chi connectivity index (χ0) is 22.8. The second kappa shape index (κ2) is 6.44. The molecule has 167 valence electrons. The van der Waals surface area contributed by atoms with Gasteiger partial charge in [0.05, 0.1) is 28.9 Å². The average Bonchev–Trinajstić information content (AvgIpc) is 3.52. The number of benzene rings is 2. The Morgan fingerprint density at radius 3 is 2.76 bits per heavy atom. The van der Waals surface area contributed by atoms with Crippen LogP contribution in [0.25, 0.3) is 11.3 Å². The van der Waals surface area contributed by atoms with Crippen molar-refractivity contribution in [2.45, 2.75) is 56.1 Å². The van der Waals surface area contributed by atoms with Gasteiger partial charge < -0.3 is 12.7 Å². The number of halogens is 1. The molecule has 0 bridgehead atoms. The number of aromatic amines is 1. The third-order valence-electron chi connectivity index (χ3n) is 9.12. The molecule has 2 fully saturated rings. The molecule has 33 heavy (non-hydrogen) atoms. The van der Waals surface area contributed by atoms with Crippen LogP contribution in [0.2, 0.25) is 5.02 Å². The zero-order valence-electron chi connectivity index (χ0n) is 18.8. The molecule has 4 aliphatic rings. The second-order valence-electron chi connectivity index (χ2n) is 10.7. The Labute approximate surface area is 204 Å². The quantitative estimate of drug-likeness (QED) is 0.525. The van der Waals surface area contributed by atoms with Gasteiger partial charge in [0, 0.05) is 10.4 Å². The van der Waals surface area contributed by atoms with Crippen LogP contribution in [0.1, 0.15) is 49.8 Å². The van der Waals surface area contributed by atoms with Gasteiger partial charge >= 0.3 is 15.9 Å². The van der Waals surface area contributed by atoms with Crippen LogP contribution in [0.5, 0.6) is 5.88 Å². The lowest BCUT2D eigenvalue weighted by Crippen LogP contribution is -2.43. The highest BCUT2D eigenvalue weighted by Gasteiger charge is 3.03. The summed E-state index contributed by atoms with van der Waals surface area (Å²) in [6.07, 6.45) is 0.477. The van der Waals surface area contributed by atoms with Gasteiger partial charge in [-0.1, -0.05) is 68.8 Å². The summed E-state index contributed by atoms with van der Waals surface area (Å²) in [5.74, 6) is 1.23. The van der Waals surface area contributed by atoms with Crippen LogP contribution in [-0.2, 0) is 14.6 Å². The number of aliphatic hydroxyl groups excluding tert-OH is 1. The maximum atomic E-state index is 11.7. The number of rotatable bonds is 2. The van der Waals surface area contributed by atoms with E-state index in [1.807, 2.05) is 24.3 Å². The molecule has 1 radical (unpaired) electrons. The first kappa shape index (κ1) is 20.6. The molecule has 3 aromatic rings. The van der Waals surface area contributed by atoms with Crippen LogP contribution in [-0.4, -0.2) is 43.4 Å². The minimum absolute atomic E-state index is 0.0477. The molecule has 7 heteroatoms. The van der Waals surface area contributed by atoms with Crippen LogP contribution in [0.4, 0.5) is 0 Å². The minimum atomic E-state index is -0.683. The molecule has 2 heterocycles. The number of aliphatic hydroxyl groups is 1. The molecule has 2 N–H and O–H groups in total. The van der Waals surface area contributed by atoms with Gasteiger partial charge in [0.15, 0.2) is 0 Å². The van der Waals surface area contributed by atoms with Gasteiger partial charge in [-0.15, -0.1) is 5.10 Å². The van der Waals surface area contributed by atoms with E-state index in [0.717, 1.165) is 28.3 Å². The van der Waals surface area contributed by atoms with E-state index in [2.05, 4.69) is 55.2 Å². The predicted molar refractivity (Wildman–Crippen MR) is 126 cm³/mol. The SMILES string of the molecule is CC1CC(C23C(O)C24c2c(n[nH]c2-c2ccccc2)[O][Al][O]C43)C(C)(C)c2cc(Cl)ccc21. The average molecular weight is 476 g/mol. The van der Waals surface area contributed by atoms with E-state index in [-0.39, 0.29) is 22.9 Å². The topological polar surface area (TPSA) is 67.4 Å². The first-order valence-corrected chi connectivity index (χ1v) is 12.9. The summed E-state index contributed by atoms with van der Waals surface area (Å²) in [7, 11) is 0. The second-order valence-corrected chi connectivity index (χ2v) is 11.9. The summed E-state index contributed by atoms with van der Waals surface area (Å²) in [6.45, 7) is 6.91. The molecule has 1 aromatic heterocycles. The Morgan fingerprint density at radius 1 is 1.18 bits per heavy atom. The fourth-order valence-electron chi connectivity index (χ4n) is 7.59. The lowest BCUT2D eigenvalue weighted by Gasteiger charge is -2.46. The first-order chi connectivity index (χ1) is 15.9. The predicted octanol–water partition coefficient (Wildman–Crippen LogP) is 4.76. The van der Waals surface area contributed by atoms with Crippen molar-refractivity contribution in [2.24, 2.45) is 11.3 Å². The normalized spacial score (nSPS) is 36.8. The summed E-state index contributed by atoms with van der Waals surface area (Å²) >= 11 is 5.77. The third kappa shape index (κ3) is 2.25. The van der Waals surface area contributed by atoms with Crippen molar-refractivity contribution in [1.29, 1.82) is 0 Å². The smallest absolute Gasteiger partial charge is 0.611 e. The van der Waals surface area contributed by atoms with Crippen LogP contribution >= 0.6 is 11.6 Å². The van der Waals surface area contributed by atoms with E-state index in [4.69, 9.17) is 19.2 Å². The molecule has 0 saturated heterocycles. The summed E-state index contributed by atoms with van der Waals surface area (Å²) in [4.78, 5) is 0. The number of hydrogen-bond acceptors (Lipinski definition) is 4. The van der Waals surface area contributed by atoms with E-state index >= 15 is 0 Å². The van der Waals surface area contributed by atoms with Crippen LogP contribution in [0, 0.1) is 11.3 Å². The lowest BCUT2D eigenvalue weighted by molar-refractivity contribution is 0.0353. The molecular formula is C26H25AlClN2O3. The molecule has 6 atom stereocenters. The number of nitrogens with zero attached hydrogens (tertiary/aromatic N) is 1. The number of aromatic nitrogens is 2. The Balaban J connectivity index is 1.39. The number of fused-ring (bicyclic) bond motifs is 3.